The van der Waals surface area contributed by atoms with Crippen molar-refractivity contribution in [3.05, 3.63) is 69.0 Å². The summed E-state index contributed by atoms with van der Waals surface area (Å²) >= 11 is 6.82. The molecule has 0 fully saturated rings. The lowest BCUT2D eigenvalue weighted by atomic mass is 10.1. The van der Waals surface area contributed by atoms with E-state index in [1.807, 2.05) is 41.1 Å². The summed E-state index contributed by atoms with van der Waals surface area (Å²) in [7, 11) is -3.70. The summed E-state index contributed by atoms with van der Waals surface area (Å²) in [4.78, 5) is 12.5. The van der Waals surface area contributed by atoms with Gasteiger partial charge in [0.05, 0.1) is 10.6 Å². The van der Waals surface area contributed by atoms with Crippen molar-refractivity contribution in [1.29, 1.82) is 0 Å². The van der Waals surface area contributed by atoms with Crippen LogP contribution in [0, 0.1) is 10.9 Å². The Bertz CT molecular complexity index is 1160. The zero-order chi connectivity index (χ0) is 21.0. The highest BCUT2D eigenvalue weighted by molar-refractivity contribution is 7.89. The van der Waals surface area contributed by atoms with E-state index in [1.54, 1.807) is 12.1 Å². The number of nitrogens with two attached hydrogens (primary N) is 1. The fourth-order valence-corrected chi connectivity index (χ4v) is 4.41. The monoisotopic (exact) mass is 447 g/mol. The Labute approximate surface area is 179 Å². The molecule has 3 aromatic rings. The predicted octanol–water partition coefficient (Wildman–Crippen LogP) is 3.26. The Morgan fingerprint density at radius 3 is 2.41 bits per heavy atom. The van der Waals surface area contributed by atoms with E-state index in [-0.39, 0.29) is 17.3 Å². The Balaban J connectivity index is 1.60. The molecule has 0 radical (unpaired) electrons. The summed E-state index contributed by atoms with van der Waals surface area (Å²) < 4.78 is 25.0. The second-order valence-electron chi connectivity index (χ2n) is 6.63. The number of rotatable bonds is 7. The summed E-state index contributed by atoms with van der Waals surface area (Å²) in [6, 6.07) is 14.4. The number of carbonyl (C=O) groups is 1. The van der Waals surface area contributed by atoms with Crippen molar-refractivity contribution in [2.24, 2.45) is 5.14 Å². The number of hydrogen-bond donors (Lipinski definition) is 2. The minimum absolute atomic E-state index is 0.0701. The van der Waals surface area contributed by atoms with E-state index >= 15 is 0 Å². The lowest BCUT2D eigenvalue weighted by molar-refractivity contribution is -0.121. The SMILES string of the molecule is Cc1ccc(-c2csc(=S)n2CC(=O)NCCc2ccc(S(N)(=O)=O)cc2)cc1. The Morgan fingerprint density at radius 1 is 1.14 bits per heavy atom. The van der Waals surface area contributed by atoms with Crippen molar-refractivity contribution < 1.29 is 13.2 Å². The summed E-state index contributed by atoms with van der Waals surface area (Å²) in [6.07, 6.45) is 0.580. The van der Waals surface area contributed by atoms with Gasteiger partial charge in [-0.2, -0.15) is 0 Å². The first-order valence-electron chi connectivity index (χ1n) is 8.88. The molecule has 0 aliphatic carbocycles. The lowest BCUT2D eigenvalue weighted by Gasteiger charge is -2.10. The number of aryl methyl sites for hydroxylation is 1. The van der Waals surface area contributed by atoms with E-state index in [9.17, 15) is 13.2 Å². The second kappa shape index (κ2) is 9.00. The minimum atomic E-state index is -3.70. The molecule has 152 valence electrons. The molecule has 0 unspecified atom stereocenters. The number of sulfonamides is 1. The van der Waals surface area contributed by atoms with Gasteiger partial charge in [0.1, 0.15) is 6.54 Å². The molecular weight excluding hydrogens is 426 g/mol. The highest BCUT2D eigenvalue weighted by Crippen LogP contribution is 2.24. The summed E-state index contributed by atoms with van der Waals surface area (Å²) in [5, 5.41) is 9.94. The number of hydrogen-bond acceptors (Lipinski definition) is 5. The van der Waals surface area contributed by atoms with Gasteiger partial charge in [-0.1, -0.05) is 42.0 Å². The molecule has 9 heteroatoms. The third kappa shape index (κ3) is 5.60. The smallest absolute Gasteiger partial charge is 0.240 e. The van der Waals surface area contributed by atoms with Gasteiger partial charge >= 0.3 is 0 Å². The van der Waals surface area contributed by atoms with Gasteiger partial charge in [0.2, 0.25) is 15.9 Å². The van der Waals surface area contributed by atoms with Gasteiger partial charge in [-0.25, -0.2) is 13.6 Å². The molecular formula is C20H21N3O3S3. The highest BCUT2D eigenvalue weighted by Gasteiger charge is 2.11. The molecule has 1 aromatic heterocycles. The molecule has 0 spiro atoms. The summed E-state index contributed by atoms with van der Waals surface area (Å²) in [5.41, 5.74) is 4.02. The molecule has 6 nitrogen and oxygen atoms in total. The molecule has 0 aliphatic rings. The van der Waals surface area contributed by atoms with Crippen LogP contribution in [-0.4, -0.2) is 25.4 Å². The van der Waals surface area contributed by atoms with Crippen molar-refractivity contribution in [3.8, 4) is 11.3 Å². The van der Waals surface area contributed by atoms with E-state index in [4.69, 9.17) is 17.4 Å². The molecule has 0 atom stereocenters. The van der Waals surface area contributed by atoms with Gasteiger partial charge in [-0.05, 0) is 48.8 Å². The largest absolute Gasteiger partial charge is 0.354 e. The summed E-state index contributed by atoms with van der Waals surface area (Å²) in [6.45, 7) is 2.61. The van der Waals surface area contributed by atoms with Crippen molar-refractivity contribution in [1.82, 2.24) is 9.88 Å². The Morgan fingerprint density at radius 2 is 1.79 bits per heavy atom. The van der Waals surface area contributed by atoms with Crippen molar-refractivity contribution in [2.75, 3.05) is 6.54 Å². The van der Waals surface area contributed by atoms with E-state index in [0.717, 1.165) is 16.8 Å². The van der Waals surface area contributed by atoms with Crippen molar-refractivity contribution in [2.45, 2.75) is 24.8 Å². The molecule has 0 saturated carbocycles. The Hall–Kier alpha value is -2.33. The first kappa shape index (κ1) is 21.4. The van der Waals surface area contributed by atoms with Gasteiger partial charge in [0.25, 0.3) is 0 Å². The first-order valence-corrected chi connectivity index (χ1v) is 11.7. The second-order valence-corrected chi connectivity index (χ2v) is 9.69. The number of amides is 1. The van der Waals surface area contributed by atoms with E-state index in [2.05, 4.69) is 5.32 Å². The standard InChI is InChI=1S/C20H21N3O3S3/c1-14-2-6-16(7-3-14)18-13-28-20(27)23(18)12-19(24)22-11-10-15-4-8-17(9-5-15)29(21,25)26/h2-9,13H,10-12H2,1H3,(H,22,24)(H2,21,25,26). The van der Waals surface area contributed by atoms with E-state index in [0.29, 0.717) is 16.9 Å². The maximum Gasteiger partial charge on any atom is 0.240 e. The number of benzene rings is 2. The number of aromatic nitrogens is 1. The van der Waals surface area contributed by atoms with Crippen LogP contribution in [0.4, 0.5) is 0 Å². The molecule has 3 N–H and O–H groups in total. The van der Waals surface area contributed by atoms with Crippen molar-refractivity contribution >= 4 is 39.5 Å². The summed E-state index contributed by atoms with van der Waals surface area (Å²) in [5.74, 6) is -0.131. The molecule has 1 amide bonds. The zero-order valence-corrected chi connectivity index (χ0v) is 18.2. The van der Waals surface area contributed by atoms with Crippen LogP contribution in [-0.2, 0) is 27.8 Å². The normalized spacial score (nSPS) is 11.4. The van der Waals surface area contributed by atoms with Gasteiger partial charge in [0, 0.05) is 11.9 Å². The third-order valence-corrected chi connectivity index (χ3v) is 6.62. The number of primary sulfonamides is 1. The molecule has 1 heterocycles. The van der Waals surface area contributed by atoms with Gasteiger partial charge < -0.3 is 9.88 Å². The average Bonchev–Trinajstić information content (AvgIpc) is 3.02. The predicted molar refractivity (Wildman–Crippen MR) is 118 cm³/mol. The van der Waals surface area contributed by atoms with Crippen LogP contribution in [0.2, 0.25) is 0 Å². The maximum atomic E-state index is 12.4. The van der Waals surface area contributed by atoms with E-state index in [1.165, 1.54) is 29.0 Å². The number of thiazole rings is 1. The number of nitrogens with one attached hydrogen (secondary N) is 1. The first-order chi connectivity index (χ1) is 13.7. The van der Waals surface area contributed by atoms with Crippen LogP contribution in [0.15, 0.2) is 58.8 Å². The van der Waals surface area contributed by atoms with Crippen LogP contribution in [0.1, 0.15) is 11.1 Å². The average molecular weight is 448 g/mol. The molecule has 0 bridgehead atoms. The highest BCUT2D eigenvalue weighted by atomic mass is 32.2. The number of nitrogens with zero attached hydrogens (tertiary/aromatic N) is 1. The molecule has 0 saturated heterocycles. The number of carbonyl (C=O) groups excluding carboxylic acids is 1. The topological polar surface area (TPSA) is 94.2 Å². The van der Waals surface area contributed by atoms with Gasteiger partial charge in [0.15, 0.2) is 3.95 Å². The molecule has 29 heavy (non-hydrogen) atoms. The van der Waals surface area contributed by atoms with Crippen LogP contribution >= 0.6 is 23.6 Å². The van der Waals surface area contributed by atoms with E-state index < -0.39 is 10.0 Å². The zero-order valence-electron chi connectivity index (χ0n) is 15.8. The lowest BCUT2D eigenvalue weighted by Crippen LogP contribution is -2.29. The molecule has 2 aromatic carbocycles. The van der Waals surface area contributed by atoms with Crippen molar-refractivity contribution in [3.63, 3.8) is 0 Å². The Kier molecular flexibility index (Phi) is 6.63. The van der Waals surface area contributed by atoms with Crippen LogP contribution < -0.4 is 10.5 Å². The van der Waals surface area contributed by atoms with Crippen LogP contribution in [0.25, 0.3) is 11.3 Å². The molecule has 3 rings (SSSR count). The maximum absolute atomic E-state index is 12.4. The third-order valence-electron chi connectivity index (χ3n) is 4.42. The minimum Gasteiger partial charge on any atom is -0.354 e. The fourth-order valence-electron chi connectivity index (χ4n) is 2.82. The van der Waals surface area contributed by atoms with Crippen LogP contribution in [0.5, 0.6) is 0 Å². The molecule has 0 aliphatic heterocycles. The fraction of sp³-hybridized carbons (Fsp3) is 0.200. The quantitative estimate of drug-likeness (QED) is 0.544. The van der Waals surface area contributed by atoms with Gasteiger partial charge in [-0.3, -0.25) is 4.79 Å². The van der Waals surface area contributed by atoms with Crippen LogP contribution in [0.3, 0.4) is 0 Å². The van der Waals surface area contributed by atoms with Gasteiger partial charge in [-0.15, -0.1) is 11.3 Å².